The topological polar surface area (TPSA) is 77.5 Å². The van der Waals surface area contributed by atoms with E-state index in [1.807, 2.05) is 37.3 Å². The zero-order chi connectivity index (χ0) is 17.6. The minimum atomic E-state index is -0.274. The van der Waals surface area contributed by atoms with Gasteiger partial charge in [0.25, 0.3) is 0 Å². The fourth-order valence-corrected chi connectivity index (χ4v) is 3.03. The van der Waals surface area contributed by atoms with Crippen molar-refractivity contribution in [3.63, 3.8) is 0 Å². The molecule has 1 saturated heterocycles. The van der Waals surface area contributed by atoms with E-state index in [-0.39, 0.29) is 12.1 Å². The number of hydrogen-bond acceptors (Lipinski definition) is 4. The molecule has 1 fully saturated rings. The van der Waals surface area contributed by atoms with Crippen molar-refractivity contribution in [3.05, 3.63) is 59.3 Å². The van der Waals surface area contributed by atoms with E-state index in [2.05, 4.69) is 26.6 Å². The van der Waals surface area contributed by atoms with E-state index in [1.165, 1.54) is 5.56 Å². The predicted molar refractivity (Wildman–Crippen MR) is 97.2 cm³/mol. The number of rotatable bonds is 5. The molecule has 3 rings (SSSR count). The van der Waals surface area contributed by atoms with Gasteiger partial charge in [-0.25, -0.2) is 9.78 Å². The number of nitrogens with one attached hydrogen (secondary N) is 2. The summed E-state index contributed by atoms with van der Waals surface area (Å²) in [5, 5.41) is 15.3. The van der Waals surface area contributed by atoms with Crippen LogP contribution in [0.3, 0.4) is 0 Å². The van der Waals surface area contributed by atoms with E-state index in [4.69, 9.17) is 0 Å². The first-order chi connectivity index (χ1) is 12.1. The van der Waals surface area contributed by atoms with Crippen LogP contribution in [0.15, 0.2) is 42.5 Å². The number of aromatic nitrogens is 1. The number of likely N-dealkylation sites (tertiary alicyclic amines) is 1. The van der Waals surface area contributed by atoms with Crippen molar-refractivity contribution in [2.45, 2.75) is 32.5 Å². The van der Waals surface area contributed by atoms with E-state index >= 15 is 0 Å². The lowest BCUT2D eigenvalue weighted by Gasteiger charge is -2.18. The summed E-state index contributed by atoms with van der Waals surface area (Å²) in [5.74, 6) is 0.539. The quantitative estimate of drug-likeness (QED) is 0.780. The second-order valence-electron chi connectivity index (χ2n) is 6.42. The highest BCUT2D eigenvalue weighted by Crippen LogP contribution is 2.16. The molecule has 2 amide bonds. The molecule has 1 aromatic carbocycles. The molecule has 3 N–H and O–H groups in total. The average Bonchev–Trinajstić information content (AvgIpc) is 2.99. The minimum Gasteiger partial charge on any atom is -0.392 e. The summed E-state index contributed by atoms with van der Waals surface area (Å²) in [6.07, 6.45) is 0.602. The Morgan fingerprint density at radius 1 is 1.24 bits per heavy atom. The molecule has 0 aliphatic carbocycles. The molecule has 0 spiro atoms. The van der Waals surface area contributed by atoms with Crippen LogP contribution in [0.4, 0.5) is 10.6 Å². The Bertz CT molecular complexity index is 735. The maximum atomic E-state index is 12.1. The first-order valence-electron chi connectivity index (χ1n) is 8.56. The molecule has 0 radical (unpaired) electrons. The zero-order valence-electron chi connectivity index (χ0n) is 14.4. The highest BCUT2D eigenvalue weighted by molar-refractivity contribution is 5.88. The van der Waals surface area contributed by atoms with Gasteiger partial charge in [0.05, 0.1) is 6.10 Å². The number of amides is 2. The van der Waals surface area contributed by atoms with E-state index in [0.29, 0.717) is 18.9 Å². The van der Waals surface area contributed by atoms with Crippen molar-refractivity contribution in [3.8, 4) is 0 Å². The third-order valence-corrected chi connectivity index (χ3v) is 4.33. The standard InChI is InChI=1S/C19H24N4O2/c1-14-5-4-8-18(21-14)22-19(25)20-11-15-6-2-3-7-16(15)12-23-10-9-17(24)13-23/h2-8,17,24H,9-13H2,1H3,(H2,20,21,22,25)/t17-/m1/s1. The van der Waals surface area contributed by atoms with Crippen LogP contribution < -0.4 is 10.6 Å². The van der Waals surface area contributed by atoms with Gasteiger partial charge in [0, 0.05) is 31.9 Å². The first-order valence-corrected chi connectivity index (χ1v) is 8.56. The van der Waals surface area contributed by atoms with Crippen LogP contribution in [0, 0.1) is 6.92 Å². The lowest BCUT2D eigenvalue weighted by molar-refractivity contribution is 0.174. The van der Waals surface area contributed by atoms with E-state index in [0.717, 1.165) is 30.8 Å². The summed E-state index contributed by atoms with van der Waals surface area (Å²) in [6.45, 7) is 4.73. The molecule has 0 bridgehead atoms. The van der Waals surface area contributed by atoms with Crippen LogP contribution in [0.5, 0.6) is 0 Å². The van der Waals surface area contributed by atoms with Crippen molar-refractivity contribution in [2.75, 3.05) is 18.4 Å². The number of urea groups is 1. The van der Waals surface area contributed by atoms with E-state index in [9.17, 15) is 9.90 Å². The van der Waals surface area contributed by atoms with Gasteiger partial charge in [-0.3, -0.25) is 10.2 Å². The van der Waals surface area contributed by atoms with Gasteiger partial charge in [0.15, 0.2) is 0 Å². The third kappa shape index (κ3) is 5.01. The second-order valence-corrected chi connectivity index (χ2v) is 6.42. The lowest BCUT2D eigenvalue weighted by Crippen LogP contribution is -2.29. The monoisotopic (exact) mass is 340 g/mol. The molecule has 0 saturated carbocycles. The Morgan fingerprint density at radius 3 is 2.76 bits per heavy atom. The van der Waals surface area contributed by atoms with Crippen molar-refractivity contribution >= 4 is 11.8 Å². The number of hydrogen-bond donors (Lipinski definition) is 3. The molecule has 0 unspecified atom stereocenters. The maximum Gasteiger partial charge on any atom is 0.320 e. The number of carbonyl (C=O) groups is 1. The molecule has 2 aromatic rings. The largest absolute Gasteiger partial charge is 0.392 e. The molecule has 25 heavy (non-hydrogen) atoms. The Morgan fingerprint density at radius 2 is 2.04 bits per heavy atom. The highest BCUT2D eigenvalue weighted by atomic mass is 16.3. The Labute approximate surface area is 147 Å². The van der Waals surface area contributed by atoms with Crippen molar-refractivity contribution in [2.24, 2.45) is 0 Å². The fourth-order valence-electron chi connectivity index (χ4n) is 3.03. The molecule has 132 valence electrons. The molecule has 1 aliphatic heterocycles. The Hall–Kier alpha value is -2.44. The van der Waals surface area contributed by atoms with Crippen LogP contribution in [-0.2, 0) is 13.1 Å². The first kappa shape index (κ1) is 17.4. The van der Waals surface area contributed by atoms with Crippen LogP contribution in [0.25, 0.3) is 0 Å². The number of carbonyl (C=O) groups excluding carboxylic acids is 1. The number of aliphatic hydroxyl groups excluding tert-OH is 1. The number of pyridine rings is 1. The molecular formula is C19H24N4O2. The normalized spacial score (nSPS) is 17.4. The molecule has 1 atom stereocenters. The van der Waals surface area contributed by atoms with Crippen LogP contribution in [-0.4, -0.2) is 40.2 Å². The number of aliphatic hydroxyl groups is 1. The van der Waals surface area contributed by atoms with E-state index in [1.54, 1.807) is 6.07 Å². The number of benzene rings is 1. The Kier molecular flexibility index (Phi) is 5.63. The molecule has 1 aliphatic rings. The summed E-state index contributed by atoms with van der Waals surface area (Å²) < 4.78 is 0. The predicted octanol–water partition coefficient (Wildman–Crippen LogP) is 2.28. The number of aryl methyl sites for hydroxylation is 1. The average molecular weight is 340 g/mol. The van der Waals surface area contributed by atoms with Crippen molar-refractivity contribution < 1.29 is 9.90 Å². The van der Waals surface area contributed by atoms with Gasteiger partial charge < -0.3 is 10.4 Å². The second kappa shape index (κ2) is 8.09. The summed E-state index contributed by atoms with van der Waals surface area (Å²) in [6, 6.07) is 13.3. The molecular weight excluding hydrogens is 316 g/mol. The number of anilines is 1. The zero-order valence-corrected chi connectivity index (χ0v) is 14.4. The minimum absolute atomic E-state index is 0.224. The summed E-state index contributed by atoms with van der Waals surface area (Å²) >= 11 is 0. The van der Waals surface area contributed by atoms with Gasteiger partial charge in [-0.05, 0) is 36.6 Å². The third-order valence-electron chi connectivity index (χ3n) is 4.33. The summed E-state index contributed by atoms with van der Waals surface area (Å²) in [4.78, 5) is 18.6. The van der Waals surface area contributed by atoms with Crippen LogP contribution in [0.1, 0.15) is 23.2 Å². The molecule has 6 heteroatoms. The molecule has 1 aromatic heterocycles. The van der Waals surface area contributed by atoms with Crippen molar-refractivity contribution in [1.82, 2.24) is 15.2 Å². The van der Waals surface area contributed by atoms with Crippen LogP contribution >= 0.6 is 0 Å². The van der Waals surface area contributed by atoms with Crippen molar-refractivity contribution in [1.29, 1.82) is 0 Å². The van der Waals surface area contributed by atoms with Crippen LogP contribution in [0.2, 0.25) is 0 Å². The van der Waals surface area contributed by atoms with Gasteiger partial charge in [-0.1, -0.05) is 30.3 Å². The maximum absolute atomic E-state index is 12.1. The smallest absolute Gasteiger partial charge is 0.320 e. The fraction of sp³-hybridized carbons (Fsp3) is 0.368. The lowest BCUT2D eigenvalue weighted by atomic mass is 10.1. The van der Waals surface area contributed by atoms with Gasteiger partial charge in [-0.15, -0.1) is 0 Å². The number of β-amino-alcohol motifs (C(OH)–C–C–N with tert-alkyl or cyclic N) is 1. The van der Waals surface area contributed by atoms with E-state index < -0.39 is 0 Å². The van der Waals surface area contributed by atoms with Gasteiger partial charge in [0.2, 0.25) is 0 Å². The molecule has 6 nitrogen and oxygen atoms in total. The SMILES string of the molecule is Cc1cccc(NC(=O)NCc2ccccc2CN2CC[C@@H](O)C2)n1. The Balaban J connectivity index is 1.56. The highest BCUT2D eigenvalue weighted by Gasteiger charge is 2.20. The van der Waals surface area contributed by atoms with Gasteiger partial charge in [-0.2, -0.15) is 0 Å². The summed E-state index contributed by atoms with van der Waals surface area (Å²) in [5.41, 5.74) is 3.11. The van der Waals surface area contributed by atoms with Gasteiger partial charge >= 0.3 is 6.03 Å². The summed E-state index contributed by atoms with van der Waals surface area (Å²) in [7, 11) is 0. The molecule has 2 heterocycles. The van der Waals surface area contributed by atoms with Gasteiger partial charge in [0.1, 0.15) is 5.82 Å². The number of nitrogens with zero attached hydrogens (tertiary/aromatic N) is 2.